The molecule has 0 atom stereocenters. The molecule has 0 unspecified atom stereocenters. The van der Waals surface area contributed by atoms with Crippen molar-refractivity contribution in [3.8, 4) is 5.75 Å². The first-order valence-electron chi connectivity index (χ1n) is 13.5. The number of allylic oxidation sites excluding steroid dienone is 3. The van der Waals surface area contributed by atoms with Crippen LogP contribution in [0.3, 0.4) is 0 Å². The molecule has 2 aliphatic carbocycles. The molecule has 5 heteroatoms. The molecule has 0 bridgehead atoms. The quantitative estimate of drug-likeness (QED) is 0.129. The van der Waals surface area contributed by atoms with E-state index in [1.165, 1.54) is 33.0 Å². The number of anilines is 2. The minimum Gasteiger partial charge on any atom is -0.458 e. The van der Waals surface area contributed by atoms with Gasteiger partial charge in [-0.1, -0.05) is 67.8 Å². The molecule has 2 aliphatic rings. The van der Waals surface area contributed by atoms with E-state index in [1.54, 1.807) is 19.1 Å². The zero-order valence-corrected chi connectivity index (χ0v) is 22.9. The Kier molecular flexibility index (Phi) is 6.86. The lowest BCUT2D eigenvalue weighted by atomic mass is 9.80. The highest BCUT2D eigenvalue weighted by Crippen LogP contribution is 2.46. The lowest BCUT2D eigenvalue weighted by Crippen LogP contribution is -2.19. The Hall–Kier alpha value is -5.16. The summed E-state index contributed by atoms with van der Waals surface area (Å²) in [4.78, 5) is 25.8. The van der Waals surface area contributed by atoms with Crippen molar-refractivity contribution in [3.63, 3.8) is 0 Å². The molecule has 0 N–H and O–H groups in total. The standard InChI is InChI=1S/C36H29NO4/c1-4-33(38)40-22-24-8-14-28(15-9-24)37(29-16-18-30(19-17-29)41-36(39)23(2)3)32-21-13-27-11-10-25-6-5-7-26-12-20-31(32)35(27)34(25)26/h4-9,11-12,14-21H,1-2,10,13,22H2,3H3. The summed E-state index contributed by atoms with van der Waals surface area (Å²) >= 11 is 0. The van der Waals surface area contributed by atoms with Crippen LogP contribution >= 0.6 is 0 Å². The molecule has 4 aromatic carbocycles. The summed E-state index contributed by atoms with van der Waals surface area (Å²) in [6, 6.07) is 26.4. The number of carbonyl (C=O) groups excluding carboxylic acids is 2. The second-order valence-corrected chi connectivity index (χ2v) is 10.2. The van der Waals surface area contributed by atoms with Gasteiger partial charge < -0.3 is 14.4 Å². The van der Waals surface area contributed by atoms with E-state index in [4.69, 9.17) is 9.47 Å². The van der Waals surface area contributed by atoms with Crippen LogP contribution in [-0.4, -0.2) is 11.9 Å². The number of carbonyl (C=O) groups is 2. The molecule has 0 heterocycles. The molecule has 0 amide bonds. The van der Waals surface area contributed by atoms with Gasteiger partial charge in [-0.15, -0.1) is 0 Å². The molecule has 0 fully saturated rings. The molecule has 4 aromatic rings. The molecule has 5 nitrogen and oxygen atoms in total. The molecule has 0 saturated carbocycles. The second kappa shape index (κ2) is 10.8. The van der Waals surface area contributed by atoms with Gasteiger partial charge in [-0.05, 0) is 89.2 Å². The maximum absolute atomic E-state index is 12.1. The molecule has 0 saturated heterocycles. The Morgan fingerprint density at radius 2 is 1.63 bits per heavy atom. The maximum atomic E-state index is 12.1. The van der Waals surface area contributed by atoms with E-state index < -0.39 is 11.9 Å². The Balaban J connectivity index is 1.43. The average molecular weight is 540 g/mol. The number of hydrogen-bond donors (Lipinski definition) is 0. The van der Waals surface area contributed by atoms with Crippen molar-refractivity contribution in [2.24, 2.45) is 0 Å². The van der Waals surface area contributed by atoms with Gasteiger partial charge in [0.1, 0.15) is 12.4 Å². The van der Waals surface area contributed by atoms with Crippen molar-refractivity contribution >= 4 is 45.4 Å². The van der Waals surface area contributed by atoms with Crippen molar-refractivity contribution in [1.82, 2.24) is 0 Å². The lowest BCUT2D eigenvalue weighted by molar-refractivity contribution is -0.139. The fourth-order valence-electron chi connectivity index (χ4n) is 5.46. The van der Waals surface area contributed by atoms with Crippen LogP contribution in [0.4, 0.5) is 11.4 Å². The van der Waals surface area contributed by atoms with Crippen LogP contribution < -0.4 is 9.64 Å². The van der Waals surface area contributed by atoms with E-state index in [0.717, 1.165) is 41.6 Å². The average Bonchev–Trinajstić information content (AvgIpc) is 3.00. The molecule has 0 aliphatic heterocycles. The van der Waals surface area contributed by atoms with Crippen LogP contribution in [0.5, 0.6) is 5.75 Å². The molecule has 0 radical (unpaired) electrons. The van der Waals surface area contributed by atoms with Gasteiger partial charge in [-0.3, -0.25) is 0 Å². The normalized spacial score (nSPS) is 13.1. The van der Waals surface area contributed by atoms with Crippen LogP contribution in [0.25, 0.3) is 22.0 Å². The summed E-state index contributed by atoms with van der Waals surface area (Å²) in [7, 11) is 0. The third-order valence-electron chi connectivity index (χ3n) is 7.45. The first-order chi connectivity index (χ1) is 19.9. The Bertz CT molecular complexity index is 1780. The molecule has 0 spiro atoms. The molecule has 202 valence electrons. The fourth-order valence-corrected chi connectivity index (χ4v) is 5.46. The predicted octanol–water partition coefficient (Wildman–Crippen LogP) is 8.07. The summed E-state index contributed by atoms with van der Waals surface area (Å²) in [5, 5.41) is 2.58. The highest BCUT2D eigenvalue weighted by molar-refractivity contribution is 6.06. The largest absolute Gasteiger partial charge is 0.458 e. The lowest BCUT2D eigenvalue weighted by Gasteiger charge is -2.34. The van der Waals surface area contributed by atoms with Gasteiger partial charge in [0, 0.05) is 28.6 Å². The summed E-state index contributed by atoms with van der Waals surface area (Å²) in [6.07, 6.45) is 7.56. The Labute approximate surface area is 239 Å². The summed E-state index contributed by atoms with van der Waals surface area (Å²) in [5.41, 5.74) is 9.33. The maximum Gasteiger partial charge on any atom is 0.338 e. The Morgan fingerprint density at radius 1 is 0.902 bits per heavy atom. The van der Waals surface area contributed by atoms with E-state index in [1.807, 2.05) is 36.4 Å². The van der Waals surface area contributed by atoms with Gasteiger partial charge in [-0.2, -0.15) is 0 Å². The number of esters is 2. The van der Waals surface area contributed by atoms with Crippen molar-refractivity contribution in [2.45, 2.75) is 26.4 Å². The second-order valence-electron chi connectivity index (χ2n) is 10.2. The van der Waals surface area contributed by atoms with Gasteiger partial charge >= 0.3 is 11.9 Å². The van der Waals surface area contributed by atoms with Crippen LogP contribution in [0.15, 0.2) is 116 Å². The van der Waals surface area contributed by atoms with E-state index in [9.17, 15) is 9.59 Å². The number of nitrogens with zero attached hydrogens (tertiary/aromatic N) is 1. The number of benzene rings is 4. The van der Waals surface area contributed by atoms with Crippen molar-refractivity contribution in [3.05, 3.63) is 138 Å². The zero-order valence-electron chi connectivity index (χ0n) is 22.9. The summed E-state index contributed by atoms with van der Waals surface area (Å²) < 4.78 is 10.7. The topological polar surface area (TPSA) is 55.8 Å². The number of hydrogen-bond acceptors (Lipinski definition) is 5. The molecule has 41 heavy (non-hydrogen) atoms. The van der Waals surface area contributed by atoms with Crippen LogP contribution in [-0.2, 0) is 27.4 Å². The fraction of sp³-hybridized carbons (Fsp3) is 0.111. The van der Waals surface area contributed by atoms with Crippen molar-refractivity contribution in [2.75, 3.05) is 4.90 Å². The van der Waals surface area contributed by atoms with Gasteiger partial charge in [-0.25, -0.2) is 9.59 Å². The van der Waals surface area contributed by atoms with Crippen LogP contribution in [0.2, 0.25) is 0 Å². The first-order valence-corrected chi connectivity index (χ1v) is 13.5. The molecular formula is C36H29NO4. The molecular weight excluding hydrogens is 510 g/mol. The van der Waals surface area contributed by atoms with Crippen LogP contribution in [0.1, 0.15) is 35.6 Å². The minimum atomic E-state index is -0.456. The van der Waals surface area contributed by atoms with Gasteiger partial charge in [0.05, 0.1) is 5.70 Å². The SMILES string of the molecule is C=CC(=O)OCc1ccc(N(C2=CCC3=CCc4cccc5ccc2c3c45)c2ccc(OC(=O)C(=C)C)cc2)cc1. The third kappa shape index (κ3) is 4.98. The third-order valence-corrected chi connectivity index (χ3v) is 7.45. The van der Waals surface area contributed by atoms with E-state index >= 15 is 0 Å². The van der Waals surface area contributed by atoms with Gasteiger partial charge in [0.2, 0.25) is 0 Å². The minimum absolute atomic E-state index is 0.169. The highest BCUT2D eigenvalue weighted by atomic mass is 16.5. The summed E-state index contributed by atoms with van der Waals surface area (Å²) in [5.74, 6) is -0.457. The van der Waals surface area contributed by atoms with Gasteiger partial charge in [0.15, 0.2) is 0 Å². The molecule has 0 aromatic heterocycles. The zero-order chi connectivity index (χ0) is 28.5. The smallest absolute Gasteiger partial charge is 0.338 e. The first kappa shape index (κ1) is 26.1. The number of ether oxygens (including phenoxy) is 2. The predicted molar refractivity (Wildman–Crippen MR) is 164 cm³/mol. The summed E-state index contributed by atoms with van der Waals surface area (Å²) in [6.45, 7) is 8.91. The van der Waals surface area contributed by atoms with Crippen molar-refractivity contribution in [1.29, 1.82) is 0 Å². The highest BCUT2D eigenvalue weighted by Gasteiger charge is 2.27. The van der Waals surface area contributed by atoms with E-state index in [-0.39, 0.29) is 6.61 Å². The molecule has 6 rings (SSSR count). The monoisotopic (exact) mass is 539 g/mol. The van der Waals surface area contributed by atoms with E-state index in [0.29, 0.717) is 11.3 Å². The Morgan fingerprint density at radius 3 is 2.34 bits per heavy atom. The van der Waals surface area contributed by atoms with E-state index in [2.05, 4.69) is 60.5 Å². The van der Waals surface area contributed by atoms with Crippen molar-refractivity contribution < 1.29 is 19.1 Å². The van der Waals surface area contributed by atoms with Crippen LogP contribution in [0, 0.1) is 0 Å². The van der Waals surface area contributed by atoms with Gasteiger partial charge in [0.25, 0.3) is 0 Å². The number of rotatable bonds is 8.